The Balaban J connectivity index is 1.53. The summed E-state index contributed by atoms with van der Waals surface area (Å²) in [7, 11) is 0. The summed E-state index contributed by atoms with van der Waals surface area (Å²) < 4.78 is 16.3. The van der Waals surface area contributed by atoms with Crippen molar-refractivity contribution >= 4 is 5.97 Å². The maximum Gasteiger partial charge on any atom is 0.336 e. The first-order valence-corrected chi connectivity index (χ1v) is 12.8. The van der Waals surface area contributed by atoms with Crippen LogP contribution >= 0.6 is 0 Å². The van der Waals surface area contributed by atoms with Crippen LogP contribution in [-0.2, 0) is 19.0 Å². The van der Waals surface area contributed by atoms with Crippen molar-refractivity contribution in [1.82, 2.24) is 0 Å². The average Bonchev–Trinajstić information content (AvgIpc) is 3.16. The van der Waals surface area contributed by atoms with Gasteiger partial charge in [-0.25, -0.2) is 4.79 Å². The Labute approximate surface area is 211 Å². The lowest BCUT2D eigenvalue weighted by atomic mass is 9.46. The third-order valence-corrected chi connectivity index (χ3v) is 9.26. The third kappa shape index (κ3) is 4.78. The highest BCUT2D eigenvalue weighted by Crippen LogP contribution is 2.62. The van der Waals surface area contributed by atoms with Crippen LogP contribution in [0.15, 0.2) is 23.8 Å². The molecule has 2 heterocycles. The molecule has 0 radical (unpaired) electrons. The van der Waals surface area contributed by atoms with Crippen LogP contribution in [0.1, 0.15) is 52.4 Å². The molecule has 4 aliphatic rings. The lowest BCUT2D eigenvalue weighted by molar-refractivity contribution is -0.313. The zero-order valence-corrected chi connectivity index (χ0v) is 21.0. The van der Waals surface area contributed by atoms with Gasteiger partial charge in [-0.05, 0) is 49.4 Å². The average molecular weight is 513 g/mol. The molecule has 2 saturated carbocycles. The van der Waals surface area contributed by atoms with Gasteiger partial charge >= 0.3 is 5.97 Å². The molecule has 0 aromatic carbocycles. The zero-order chi connectivity index (χ0) is 26.4. The maximum atomic E-state index is 12.0. The second-order valence-corrected chi connectivity index (χ2v) is 11.4. The number of fused-ring (bicyclic) bond motifs is 1. The summed E-state index contributed by atoms with van der Waals surface area (Å²) in [5.74, 6) is -0.426. The Morgan fingerprint density at radius 2 is 1.83 bits per heavy atom. The van der Waals surface area contributed by atoms with Gasteiger partial charge in [-0.2, -0.15) is 0 Å². The van der Waals surface area contributed by atoms with Gasteiger partial charge in [0.2, 0.25) is 6.29 Å². The lowest BCUT2D eigenvalue weighted by Gasteiger charge is -2.60. The molecule has 2 aliphatic carbocycles. The number of ether oxygens (including phenoxy) is 3. The van der Waals surface area contributed by atoms with Gasteiger partial charge in [0.15, 0.2) is 6.29 Å². The number of cyclic esters (lactones) is 1. The number of esters is 1. The van der Waals surface area contributed by atoms with Gasteiger partial charge in [-0.3, -0.25) is 0 Å². The SMILES string of the molecule is C=C1CC[C@@H]2[C@](C)(CO[C@@H]3O[C@H](CO)[C@@H](O)[C@H](O)[C@H]3O)[C@H](O)CC[C@@]2(C)[C@@H]1C/C=C1\C[C@@H](O)OC1=O. The number of carbonyl (C=O) groups excluding carboxylic acids is 1. The second-order valence-electron chi connectivity index (χ2n) is 11.4. The quantitative estimate of drug-likeness (QED) is 0.164. The number of allylic oxidation sites excluding steroid dienone is 2. The number of hydrogen-bond donors (Lipinski definition) is 6. The number of aliphatic hydroxyl groups excluding tert-OH is 6. The molecule has 10 heteroatoms. The lowest BCUT2D eigenvalue weighted by Crippen LogP contribution is -2.61. The first kappa shape index (κ1) is 27.7. The largest absolute Gasteiger partial charge is 0.432 e. The van der Waals surface area contributed by atoms with E-state index < -0.39 is 61.1 Å². The topological polar surface area (TPSA) is 166 Å². The fraction of sp³-hybridized carbons (Fsp3) is 0.808. The zero-order valence-electron chi connectivity index (χ0n) is 21.0. The predicted octanol–water partition coefficient (Wildman–Crippen LogP) is 0.134. The van der Waals surface area contributed by atoms with Crippen LogP contribution in [0.2, 0.25) is 0 Å². The van der Waals surface area contributed by atoms with Crippen LogP contribution in [0.4, 0.5) is 0 Å². The van der Waals surface area contributed by atoms with E-state index in [0.29, 0.717) is 18.4 Å². The number of carbonyl (C=O) groups is 1. The molecular weight excluding hydrogens is 472 g/mol. The maximum absolute atomic E-state index is 12.0. The Hall–Kier alpha value is -1.37. The second kappa shape index (κ2) is 10.4. The molecule has 0 unspecified atom stereocenters. The summed E-state index contributed by atoms with van der Waals surface area (Å²) in [6.45, 7) is 7.96. The molecule has 36 heavy (non-hydrogen) atoms. The van der Waals surface area contributed by atoms with Crippen LogP contribution < -0.4 is 0 Å². The molecule has 2 saturated heterocycles. The van der Waals surface area contributed by atoms with E-state index in [4.69, 9.17) is 14.2 Å². The highest BCUT2D eigenvalue weighted by atomic mass is 16.7. The van der Waals surface area contributed by atoms with Crippen LogP contribution in [0.5, 0.6) is 0 Å². The number of rotatable bonds is 6. The highest BCUT2D eigenvalue weighted by Gasteiger charge is 2.58. The smallest absolute Gasteiger partial charge is 0.336 e. The van der Waals surface area contributed by atoms with Crippen LogP contribution in [0.3, 0.4) is 0 Å². The molecule has 0 aromatic rings. The van der Waals surface area contributed by atoms with Crippen molar-refractivity contribution in [3.63, 3.8) is 0 Å². The molecule has 4 fully saturated rings. The van der Waals surface area contributed by atoms with Gasteiger partial charge in [0.05, 0.1) is 19.3 Å². The van der Waals surface area contributed by atoms with Crippen molar-refractivity contribution in [3.8, 4) is 0 Å². The molecule has 2 aliphatic heterocycles. The van der Waals surface area contributed by atoms with E-state index in [2.05, 4.69) is 13.5 Å². The fourth-order valence-corrected chi connectivity index (χ4v) is 7.02. The van der Waals surface area contributed by atoms with Gasteiger partial charge in [-0.1, -0.05) is 32.1 Å². The van der Waals surface area contributed by atoms with Crippen LogP contribution in [0, 0.1) is 22.7 Å². The monoisotopic (exact) mass is 512 g/mol. The van der Waals surface area contributed by atoms with E-state index in [1.165, 1.54) is 0 Å². The van der Waals surface area contributed by atoms with Gasteiger partial charge in [0.25, 0.3) is 0 Å². The van der Waals surface area contributed by atoms with Crippen molar-refractivity contribution < 1.29 is 49.6 Å². The molecule has 204 valence electrons. The summed E-state index contributed by atoms with van der Waals surface area (Å²) in [4.78, 5) is 12.0. The van der Waals surface area contributed by atoms with E-state index >= 15 is 0 Å². The van der Waals surface area contributed by atoms with Gasteiger partial charge in [0, 0.05) is 17.4 Å². The van der Waals surface area contributed by atoms with Gasteiger partial charge in [-0.15, -0.1) is 0 Å². The van der Waals surface area contributed by atoms with Crippen molar-refractivity contribution in [2.75, 3.05) is 13.2 Å². The predicted molar refractivity (Wildman–Crippen MR) is 126 cm³/mol. The number of hydrogen-bond acceptors (Lipinski definition) is 10. The van der Waals surface area contributed by atoms with E-state index in [1.54, 1.807) is 0 Å². The fourth-order valence-electron chi connectivity index (χ4n) is 7.02. The summed E-state index contributed by atoms with van der Waals surface area (Å²) in [6, 6.07) is 0. The minimum atomic E-state index is -1.54. The summed E-state index contributed by atoms with van der Waals surface area (Å²) in [5, 5.41) is 60.8. The molecule has 6 N–H and O–H groups in total. The molecule has 0 spiro atoms. The minimum Gasteiger partial charge on any atom is -0.432 e. The van der Waals surface area contributed by atoms with Crippen molar-refractivity contribution in [2.24, 2.45) is 22.7 Å². The summed E-state index contributed by atoms with van der Waals surface area (Å²) in [6.07, 6.45) is -3.22. The molecule has 11 atom stereocenters. The highest BCUT2D eigenvalue weighted by molar-refractivity contribution is 5.90. The third-order valence-electron chi connectivity index (χ3n) is 9.26. The van der Waals surface area contributed by atoms with E-state index in [0.717, 1.165) is 24.8 Å². The van der Waals surface area contributed by atoms with Crippen molar-refractivity contribution in [3.05, 3.63) is 23.8 Å². The molecular formula is C26H40O10. The normalized spacial score (nSPS) is 48.7. The molecule has 10 nitrogen and oxygen atoms in total. The summed E-state index contributed by atoms with van der Waals surface area (Å²) in [5.41, 5.74) is 0.595. The van der Waals surface area contributed by atoms with Crippen LogP contribution in [-0.4, -0.2) is 92.9 Å². The number of aliphatic hydroxyl groups is 6. The van der Waals surface area contributed by atoms with E-state index in [9.17, 15) is 35.4 Å². The van der Waals surface area contributed by atoms with E-state index in [1.807, 2.05) is 13.0 Å². The summed E-state index contributed by atoms with van der Waals surface area (Å²) >= 11 is 0. The Morgan fingerprint density at radius 3 is 2.47 bits per heavy atom. The van der Waals surface area contributed by atoms with E-state index in [-0.39, 0.29) is 30.3 Å². The molecule has 0 amide bonds. The Bertz CT molecular complexity index is 873. The first-order valence-electron chi connectivity index (χ1n) is 12.8. The molecule has 4 rings (SSSR count). The van der Waals surface area contributed by atoms with Gasteiger partial charge in [0.1, 0.15) is 24.4 Å². The first-order chi connectivity index (χ1) is 16.9. The Kier molecular flexibility index (Phi) is 8.00. The van der Waals surface area contributed by atoms with Gasteiger partial charge < -0.3 is 44.8 Å². The van der Waals surface area contributed by atoms with Crippen molar-refractivity contribution in [1.29, 1.82) is 0 Å². The minimum absolute atomic E-state index is 0.0219. The van der Waals surface area contributed by atoms with Crippen LogP contribution in [0.25, 0.3) is 0 Å². The standard InChI is InChI=1S/C26H40O10/c1-13-4-7-17-25(2,15(13)6-5-14-10-19(29)36-23(14)33)9-8-18(28)26(17,3)12-34-24-22(32)21(31)20(30)16(11-27)35-24/h5,15-22,24,27-32H,1,4,6-12H2,2-3H3/b14-5+/t15-,16-,17+,18-,19+,20-,21+,22-,24-,25+,26+/m1/s1. The molecule has 0 bridgehead atoms. The van der Waals surface area contributed by atoms with Crippen molar-refractivity contribution in [2.45, 2.75) is 95.5 Å². The Morgan fingerprint density at radius 1 is 1.11 bits per heavy atom. The molecule has 0 aromatic heterocycles.